The number of hydrogen-bond acceptors (Lipinski definition) is 3. The Morgan fingerprint density at radius 1 is 1.33 bits per heavy atom. The standard InChI is InChI=1S/C10H10N2O3/c13-10-5-8(6-11-10)7-1-3-9(4-2-7)12(14)15/h1-4,8H,5-6H2,(H,11,13)/t8-/m1/s1. The van der Waals surface area contributed by atoms with Gasteiger partial charge >= 0.3 is 0 Å². The summed E-state index contributed by atoms with van der Waals surface area (Å²) in [6, 6.07) is 6.36. The van der Waals surface area contributed by atoms with Gasteiger partial charge in [0.2, 0.25) is 5.91 Å². The number of nitrogens with zero attached hydrogens (tertiary/aromatic N) is 1. The zero-order chi connectivity index (χ0) is 10.8. The molecule has 1 atom stereocenters. The Morgan fingerprint density at radius 3 is 2.47 bits per heavy atom. The van der Waals surface area contributed by atoms with Crippen LogP contribution in [0.15, 0.2) is 24.3 Å². The maximum atomic E-state index is 11.0. The maximum absolute atomic E-state index is 11.0. The molecule has 0 saturated carbocycles. The summed E-state index contributed by atoms with van der Waals surface area (Å²) in [5.41, 5.74) is 1.05. The van der Waals surface area contributed by atoms with Crippen LogP contribution in [-0.2, 0) is 4.79 Å². The van der Waals surface area contributed by atoms with Crippen molar-refractivity contribution < 1.29 is 9.72 Å². The maximum Gasteiger partial charge on any atom is 0.269 e. The van der Waals surface area contributed by atoms with Crippen molar-refractivity contribution in [2.24, 2.45) is 0 Å². The normalized spacial score (nSPS) is 20.0. The van der Waals surface area contributed by atoms with Gasteiger partial charge in [0.15, 0.2) is 0 Å². The number of non-ortho nitro benzene ring substituents is 1. The molecule has 1 N–H and O–H groups in total. The molecule has 0 unspecified atom stereocenters. The average Bonchev–Trinajstić information content (AvgIpc) is 2.65. The Morgan fingerprint density at radius 2 is 2.00 bits per heavy atom. The molecule has 1 amide bonds. The van der Waals surface area contributed by atoms with E-state index >= 15 is 0 Å². The second-order valence-corrected chi connectivity index (χ2v) is 3.55. The van der Waals surface area contributed by atoms with E-state index in [-0.39, 0.29) is 17.5 Å². The first-order valence-corrected chi connectivity index (χ1v) is 4.68. The van der Waals surface area contributed by atoms with Gasteiger partial charge in [-0.25, -0.2) is 0 Å². The molecule has 2 rings (SSSR count). The largest absolute Gasteiger partial charge is 0.355 e. The molecule has 0 radical (unpaired) electrons. The van der Waals surface area contributed by atoms with Crippen molar-refractivity contribution in [1.29, 1.82) is 0 Å². The third-order valence-corrected chi connectivity index (χ3v) is 2.55. The minimum absolute atomic E-state index is 0.0401. The van der Waals surface area contributed by atoms with Crippen molar-refractivity contribution in [1.82, 2.24) is 5.32 Å². The summed E-state index contributed by atoms with van der Waals surface area (Å²) in [7, 11) is 0. The summed E-state index contributed by atoms with van der Waals surface area (Å²) in [4.78, 5) is 21.0. The highest BCUT2D eigenvalue weighted by atomic mass is 16.6. The molecule has 5 nitrogen and oxygen atoms in total. The van der Waals surface area contributed by atoms with Gasteiger partial charge in [-0.1, -0.05) is 12.1 Å². The molecule has 1 fully saturated rings. The highest BCUT2D eigenvalue weighted by Crippen LogP contribution is 2.24. The summed E-state index contributed by atoms with van der Waals surface area (Å²) < 4.78 is 0. The van der Waals surface area contributed by atoms with Crippen molar-refractivity contribution in [3.8, 4) is 0 Å². The summed E-state index contributed by atoms with van der Waals surface area (Å²) >= 11 is 0. The smallest absolute Gasteiger partial charge is 0.269 e. The number of rotatable bonds is 2. The van der Waals surface area contributed by atoms with Gasteiger partial charge in [0.05, 0.1) is 4.92 Å². The van der Waals surface area contributed by atoms with E-state index in [0.29, 0.717) is 13.0 Å². The molecule has 0 bridgehead atoms. The molecule has 1 aliphatic heterocycles. The molecule has 0 aromatic heterocycles. The van der Waals surface area contributed by atoms with E-state index in [1.807, 2.05) is 0 Å². The molecular weight excluding hydrogens is 196 g/mol. The molecule has 0 spiro atoms. The first-order chi connectivity index (χ1) is 7.16. The van der Waals surface area contributed by atoms with Crippen molar-refractivity contribution in [3.63, 3.8) is 0 Å². The van der Waals surface area contributed by atoms with E-state index in [0.717, 1.165) is 5.56 Å². The van der Waals surface area contributed by atoms with Crippen molar-refractivity contribution in [2.75, 3.05) is 6.54 Å². The molecule has 1 aliphatic rings. The van der Waals surface area contributed by atoms with Crippen LogP contribution in [0.2, 0.25) is 0 Å². The van der Waals surface area contributed by atoms with Crippen LogP contribution in [-0.4, -0.2) is 17.4 Å². The number of amides is 1. The number of nitrogens with one attached hydrogen (secondary N) is 1. The van der Waals surface area contributed by atoms with Crippen molar-refractivity contribution in [3.05, 3.63) is 39.9 Å². The molecule has 5 heteroatoms. The van der Waals surface area contributed by atoms with Gasteiger partial charge in [-0.05, 0) is 5.56 Å². The predicted molar refractivity (Wildman–Crippen MR) is 53.5 cm³/mol. The SMILES string of the molecule is O=C1C[C@@H](c2ccc([N+](=O)[O-])cc2)CN1. The zero-order valence-corrected chi connectivity index (χ0v) is 7.97. The van der Waals surface area contributed by atoms with Gasteiger partial charge < -0.3 is 5.32 Å². The highest BCUT2D eigenvalue weighted by molar-refractivity contribution is 5.79. The van der Waals surface area contributed by atoms with Crippen LogP contribution < -0.4 is 5.32 Å². The summed E-state index contributed by atoms with van der Waals surface area (Å²) in [5, 5.41) is 13.2. The second-order valence-electron chi connectivity index (χ2n) is 3.55. The van der Waals surface area contributed by atoms with Gasteiger partial charge in [0.1, 0.15) is 0 Å². The Balaban J connectivity index is 2.17. The molecule has 1 aromatic rings. The second kappa shape index (κ2) is 3.68. The van der Waals surface area contributed by atoms with E-state index in [1.165, 1.54) is 12.1 Å². The van der Waals surface area contributed by atoms with Crippen LogP contribution in [0.4, 0.5) is 5.69 Å². The number of benzene rings is 1. The van der Waals surface area contributed by atoms with Crippen molar-refractivity contribution in [2.45, 2.75) is 12.3 Å². The van der Waals surface area contributed by atoms with E-state index in [9.17, 15) is 14.9 Å². The van der Waals surface area contributed by atoms with Gasteiger partial charge in [-0.3, -0.25) is 14.9 Å². The lowest BCUT2D eigenvalue weighted by Crippen LogP contribution is -2.13. The zero-order valence-electron chi connectivity index (χ0n) is 7.97. The van der Waals surface area contributed by atoms with E-state index in [1.54, 1.807) is 12.1 Å². The topological polar surface area (TPSA) is 72.2 Å². The van der Waals surface area contributed by atoms with Crippen LogP contribution in [0.25, 0.3) is 0 Å². The van der Waals surface area contributed by atoms with Crippen LogP contribution in [0, 0.1) is 10.1 Å². The Labute approximate surface area is 86.2 Å². The lowest BCUT2D eigenvalue weighted by atomic mass is 9.98. The minimum atomic E-state index is -0.429. The lowest BCUT2D eigenvalue weighted by molar-refractivity contribution is -0.384. The Bertz CT molecular complexity index is 400. The summed E-state index contributed by atoms with van der Waals surface area (Å²) in [6.07, 6.45) is 0.470. The highest BCUT2D eigenvalue weighted by Gasteiger charge is 2.23. The van der Waals surface area contributed by atoms with E-state index < -0.39 is 4.92 Å². The molecule has 15 heavy (non-hydrogen) atoms. The number of nitro groups is 1. The summed E-state index contributed by atoms with van der Waals surface area (Å²) in [5.74, 6) is 0.191. The van der Waals surface area contributed by atoms with Crippen molar-refractivity contribution >= 4 is 11.6 Å². The van der Waals surface area contributed by atoms with E-state index in [4.69, 9.17) is 0 Å². The van der Waals surface area contributed by atoms with Gasteiger partial charge in [-0.15, -0.1) is 0 Å². The predicted octanol–water partition coefficient (Wildman–Crippen LogP) is 1.20. The molecule has 0 aliphatic carbocycles. The van der Waals surface area contributed by atoms with Crippen LogP contribution >= 0.6 is 0 Å². The number of carbonyl (C=O) groups is 1. The number of hydrogen-bond donors (Lipinski definition) is 1. The monoisotopic (exact) mass is 206 g/mol. The van der Waals surface area contributed by atoms with E-state index in [2.05, 4.69) is 5.32 Å². The van der Waals surface area contributed by atoms with Crippen LogP contribution in [0.5, 0.6) is 0 Å². The molecule has 78 valence electrons. The third kappa shape index (κ3) is 1.96. The molecule has 1 saturated heterocycles. The molecular formula is C10H10N2O3. The van der Waals surface area contributed by atoms with Crippen LogP contribution in [0.3, 0.4) is 0 Å². The Kier molecular flexibility index (Phi) is 2.37. The average molecular weight is 206 g/mol. The Hall–Kier alpha value is -1.91. The first kappa shape index (κ1) is 9.64. The van der Waals surface area contributed by atoms with Gasteiger partial charge in [0.25, 0.3) is 5.69 Å². The fourth-order valence-corrected chi connectivity index (χ4v) is 1.71. The fraction of sp³-hybridized carbons (Fsp3) is 0.300. The lowest BCUT2D eigenvalue weighted by Gasteiger charge is -2.06. The summed E-state index contributed by atoms with van der Waals surface area (Å²) in [6.45, 7) is 0.622. The molecule has 1 heterocycles. The molecule has 1 aromatic carbocycles. The van der Waals surface area contributed by atoms with Crippen LogP contribution in [0.1, 0.15) is 17.9 Å². The fourth-order valence-electron chi connectivity index (χ4n) is 1.71. The first-order valence-electron chi connectivity index (χ1n) is 4.68. The number of nitro benzene ring substituents is 1. The number of carbonyl (C=O) groups excluding carboxylic acids is 1. The quantitative estimate of drug-likeness (QED) is 0.583. The minimum Gasteiger partial charge on any atom is -0.355 e. The van der Waals surface area contributed by atoms with Gasteiger partial charge in [0, 0.05) is 31.0 Å². The third-order valence-electron chi connectivity index (χ3n) is 2.55. The van der Waals surface area contributed by atoms with Gasteiger partial charge in [-0.2, -0.15) is 0 Å².